The van der Waals surface area contributed by atoms with Crippen molar-refractivity contribution in [2.75, 3.05) is 12.4 Å². The Morgan fingerprint density at radius 2 is 1.83 bits per heavy atom. The van der Waals surface area contributed by atoms with Gasteiger partial charge in [0, 0.05) is 21.7 Å². The number of nitrogens with one attached hydrogen (secondary N) is 1. The molecule has 0 atom stereocenters. The number of hydrogen-bond donors (Lipinski definition) is 1. The number of hydrogen-bond acceptors (Lipinski definition) is 4. The van der Waals surface area contributed by atoms with Crippen molar-refractivity contribution in [3.63, 3.8) is 0 Å². The molecular formula is C23H19BrClN3O. The van der Waals surface area contributed by atoms with Crippen molar-refractivity contribution in [3.8, 4) is 16.9 Å². The number of ether oxygens (including phenoxy) is 1. The standard InChI is InChI=1S/C23H18BrN3O.ClH/c1-3-15-6-10-20(28-2)13-21(15)16-4-8-19(9-5-16)26-23-25-14-17-12-18(24)7-11-22(17)27-23;/h3-14H,1H2,2H3,(H,25,26,27);1H. The number of aromatic nitrogens is 2. The zero-order chi connectivity index (χ0) is 19.5. The highest BCUT2D eigenvalue weighted by atomic mass is 79.9. The van der Waals surface area contributed by atoms with Crippen LogP contribution in [0.1, 0.15) is 5.56 Å². The minimum atomic E-state index is 0. The van der Waals surface area contributed by atoms with Gasteiger partial charge in [-0.05, 0) is 59.2 Å². The number of anilines is 2. The quantitative estimate of drug-likeness (QED) is 0.347. The third-order valence-corrected chi connectivity index (χ3v) is 4.97. The molecule has 4 aromatic rings. The van der Waals surface area contributed by atoms with Crippen molar-refractivity contribution < 1.29 is 4.74 Å². The molecule has 0 spiro atoms. The Morgan fingerprint density at radius 3 is 2.55 bits per heavy atom. The summed E-state index contributed by atoms with van der Waals surface area (Å²) in [6, 6.07) is 20.0. The molecule has 0 bridgehead atoms. The van der Waals surface area contributed by atoms with E-state index in [0.717, 1.165) is 43.5 Å². The molecule has 0 unspecified atom stereocenters. The molecule has 0 saturated heterocycles. The molecule has 29 heavy (non-hydrogen) atoms. The highest BCUT2D eigenvalue weighted by molar-refractivity contribution is 9.10. The lowest BCUT2D eigenvalue weighted by atomic mass is 9.99. The summed E-state index contributed by atoms with van der Waals surface area (Å²) in [6.07, 6.45) is 3.67. The number of fused-ring (bicyclic) bond motifs is 1. The summed E-state index contributed by atoms with van der Waals surface area (Å²) in [4.78, 5) is 8.97. The van der Waals surface area contributed by atoms with Gasteiger partial charge in [-0.15, -0.1) is 12.4 Å². The normalized spacial score (nSPS) is 10.3. The second kappa shape index (κ2) is 9.07. The van der Waals surface area contributed by atoms with Crippen molar-refractivity contribution in [3.05, 3.63) is 83.5 Å². The molecule has 3 aromatic carbocycles. The van der Waals surface area contributed by atoms with Gasteiger partial charge in [0.05, 0.1) is 12.6 Å². The highest BCUT2D eigenvalue weighted by Gasteiger charge is 2.06. The van der Waals surface area contributed by atoms with E-state index in [1.807, 2.05) is 60.8 Å². The molecule has 1 N–H and O–H groups in total. The van der Waals surface area contributed by atoms with E-state index in [1.54, 1.807) is 7.11 Å². The first-order valence-corrected chi connectivity index (χ1v) is 9.56. The Kier molecular flexibility index (Phi) is 6.52. The van der Waals surface area contributed by atoms with Crippen molar-refractivity contribution in [1.29, 1.82) is 0 Å². The molecule has 0 radical (unpaired) electrons. The van der Waals surface area contributed by atoms with Crippen LogP contribution in [0.25, 0.3) is 28.1 Å². The number of halogens is 2. The first kappa shape index (κ1) is 20.8. The Morgan fingerprint density at radius 1 is 1.03 bits per heavy atom. The van der Waals surface area contributed by atoms with Gasteiger partial charge in [-0.25, -0.2) is 9.97 Å². The van der Waals surface area contributed by atoms with Crippen LogP contribution in [0.15, 0.2) is 77.9 Å². The Labute approximate surface area is 184 Å². The molecule has 4 rings (SSSR count). The SMILES string of the molecule is C=Cc1ccc(OC)cc1-c1ccc(Nc2ncc3cc(Br)ccc3n2)cc1.Cl. The summed E-state index contributed by atoms with van der Waals surface area (Å²) >= 11 is 3.46. The van der Waals surface area contributed by atoms with Gasteiger partial charge < -0.3 is 10.1 Å². The van der Waals surface area contributed by atoms with Gasteiger partial charge in [-0.2, -0.15) is 0 Å². The van der Waals surface area contributed by atoms with Gasteiger partial charge in [0.25, 0.3) is 0 Å². The first-order valence-electron chi connectivity index (χ1n) is 8.76. The Balaban J connectivity index is 0.00000240. The molecule has 0 saturated carbocycles. The number of methoxy groups -OCH3 is 1. The van der Waals surface area contributed by atoms with Gasteiger partial charge in [-0.1, -0.05) is 46.8 Å². The van der Waals surface area contributed by atoms with Gasteiger partial charge in [0.2, 0.25) is 5.95 Å². The maximum Gasteiger partial charge on any atom is 0.227 e. The fraction of sp³-hybridized carbons (Fsp3) is 0.0435. The predicted octanol–water partition coefficient (Wildman–Crippen LogP) is 6.88. The summed E-state index contributed by atoms with van der Waals surface area (Å²) in [5.41, 5.74) is 5.04. The molecular weight excluding hydrogens is 450 g/mol. The maximum absolute atomic E-state index is 5.35. The number of benzene rings is 3. The molecule has 0 aliphatic heterocycles. The van der Waals surface area contributed by atoms with Crippen LogP contribution in [0.4, 0.5) is 11.6 Å². The van der Waals surface area contributed by atoms with E-state index >= 15 is 0 Å². The first-order chi connectivity index (χ1) is 13.7. The fourth-order valence-corrected chi connectivity index (χ4v) is 3.40. The lowest BCUT2D eigenvalue weighted by Crippen LogP contribution is -1.97. The van der Waals surface area contributed by atoms with E-state index in [2.05, 4.69) is 49.9 Å². The number of nitrogens with zero attached hydrogens (tertiary/aromatic N) is 2. The molecule has 4 nitrogen and oxygen atoms in total. The van der Waals surface area contributed by atoms with E-state index in [9.17, 15) is 0 Å². The third-order valence-electron chi connectivity index (χ3n) is 4.47. The van der Waals surface area contributed by atoms with Crippen LogP contribution >= 0.6 is 28.3 Å². The average molecular weight is 469 g/mol. The molecule has 0 aliphatic rings. The summed E-state index contributed by atoms with van der Waals surface area (Å²) in [5, 5.41) is 4.25. The summed E-state index contributed by atoms with van der Waals surface area (Å²) in [6.45, 7) is 3.90. The van der Waals surface area contributed by atoms with E-state index < -0.39 is 0 Å². The van der Waals surface area contributed by atoms with Crippen LogP contribution in [0.5, 0.6) is 5.75 Å². The molecule has 0 amide bonds. The van der Waals surface area contributed by atoms with Crippen molar-refractivity contribution in [1.82, 2.24) is 9.97 Å². The molecule has 0 aliphatic carbocycles. The van der Waals surface area contributed by atoms with Crippen LogP contribution in [0, 0.1) is 0 Å². The summed E-state index contributed by atoms with van der Waals surface area (Å²) in [5.74, 6) is 1.38. The topological polar surface area (TPSA) is 47.0 Å². The molecule has 1 aromatic heterocycles. The summed E-state index contributed by atoms with van der Waals surface area (Å²) in [7, 11) is 1.67. The maximum atomic E-state index is 5.35. The molecule has 6 heteroatoms. The molecule has 0 fully saturated rings. The minimum absolute atomic E-state index is 0. The van der Waals surface area contributed by atoms with E-state index in [1.165, 1.54) is 0 Å². The fourth-order valence-electron chi connectivity index (χ4n) is 3.02. The largest absolute Gasteiger partial charge is 0.497 e. The molecule has 1 heterocycles. The van der Waals surface area contributed by atoms with Gasteiger partial charge >= 0.3 is 0 Å². The third kappa shape index (κ3) is 4.58. The van der Waals surface area contributed by atoms with Crippen LogP contribution in [0.3, 0.4) is 0 Å². The van der Waals surface area contributed by atoms with E-state index in [-0.39, 0.29) is 12.4 Å². The Hall–Kier alpha value is -2.89. The Bertz CT molecular complexity index is 1160. The smallest absolute Gasteiger partial charge is 0.227 e. The monoisotopic (exact) mass is 467 g/mol. The average Bonchev–Trinajstić information content (AvgIpc) is 2.74. The number of rotatable bonds is 5. The second-order valence-electron chi connectivity index (χ2n) is 6.26. The van der Waals surface area contributed by atoms with E-state index in [0.29, 0.717) is 5.95 Å². The summed E-state index contributed by atoms with van der Waals surface area (Å²) < 4.78 is 6.37. The van der Waals surface area contributed by atoms with E-state index in [4.69, 9.17) is 4.74 Å². The predicted molar refractivity (Wildman–Crippen MR) is 126 cm³/mol. The van der Waals surface area contributed by atoms with Gasteiger partial charge in [-0.3, -0.25) is 0 Å². The van der Waals surface area contributed by atoms with Crippen LogP contribution < -0.4 is 10.1 Å². The zero-order valence-electron chi connectivity index (χ0n) is 15.7. The van der Waals surface area contributed by atoms with Crippen molar-refractivity contribution in [2.45, 2.75) is 0 Å². The zero-order valence-corrected chi connectivity index (χ0v) is 18.1. The van der Waals surface area contributed by atoms with Crippen LogP contribution in [-0.4, -0.2) is 17.1 Å². The lowest BCUT2D eigenvalue weighted by molar-refractivity contribution is 0.415. The van der Waals surface area contributed by atoms with Crippen LogP contribution in [0.2, 0.25) is 0 Å². The van der Waals surface area contributed by atoms with Crippen LogP contribution in [-0.2, 0) is 0 Å². The van der Waals surface area contributed by atoms with Gasteiger partial charge in [0.1, 0.15) is 5.75 Å². The molecule has 146 valence electrons. The lowest BCUT2D eigenvalue weighted by Gasteiger charge is -2.11. The highest BCUT2D eigenvalue weighted by Crippen LogP contribution is 2.30. The van der Waals surface area contributed by atoms with Crippen molar-refractivity contribution >= 4 is 57.0 Å². The van der Waals surface area contributed by atoms with Crippen molar-refractivity contribution in [2.24, 2.45) is 0 Å². The van der Waals surface area contributed by atoms with Gasteiger partial charge in [0.15, 0.2) is 0 Å². The minimum Gasteiger partial charge on any atom is -0.497 e. The second-order valence-corrected chi connectivity index (χ2v) is 7.17.